The van der Waals surface area contributed by atoms with E-state index in [4.69, 9.17) is 23.2 Å². The van der Waals surface area contributed by atoms with Gasteiger partial charge < -0.3 is 10.2 Å². The molecule has 2 atom stereocenters. The van der Waals surface area contributed by atoms with Gasteiger partial charge in [0.1, 0.15) is 6.04 Å². The summed E-state index contributed by atoms with van der Waals surface area (Å²) in [7, 11) is 0. The minimum atomic E-state index is -0.705. The van der Waals surface area contributed by atoms with Gasteiger partial charge in [-0.2, -0.15) is 0 Å². The average molecular weight is 576 g/mol. The summed E-state index contributed by atoms with van der Waals surface area (Å²) in [6.07, 6.45) is 1.18. The van der Waals surface area contributed by atoms with Gasteiger partial charge in [-0.25, -0.2) is 0 Å². The predicted molar refractivity (Wildman–Crippen MR) is 147 cm³/mol. The van der Waals surface area contributed by atoms with E-state index in [9.17, 15) is 9.59 Å². The van der Waals surface area contributed by atoms with Crippen molar-refractivity contribution < 1.29 is 9.59 Å². The number of nitrogens with one attached hydrogen (secondary N) is 1. The number of hydrogen-bond acceptors (Lipinski definition) is 2. The second kappa shape index (κ2) is 13.1. The highest BCUT2D eigenvalue weighted by molar-refractivity contribution is 9.10. The zero-order valence-corrected chi connectivity index (χ0v) is 22.9. The first-order valence-corrected chi connectivity index (χ1v) is 13.1. The number of rotatable bonds is 10. The lowest BCUT2D eigenvalue weighted by molar-refractivity contribution is -0.141. The molecule has 0 spiro atoms. The number of hydrogen-bond donors (Lipinski definition) is 1. The summed E-state index contributed by atoms with van der Waals surface area (Å²) in [6, 6.07) is 21.9. The molecule has 35 heavy (non-hydrogen) atoms. The number of carbonyl (C=O) groups excluding carboxylic acids is 2. The van der Waals surface area contributed by atoms with Gasteiger partial charge in [0.15, 0.2) is 0 Å². The molecule has 0 radical (unpaired) electrons. The van der Waals surface area contributed by atoms with Crippen molar-refractivity contribution in [1.29, 1.82) is 0 Å². The maximum absolute atomic E-state index is 13.8. The molecule has 3 rings (SSSR count). The normalized spacial score (nSPS) is 12.6. The number of benzene rings is 3. The average Bonchev–Trinajstić information content (AvgIpc) is 2.85. The molecule has 0 aliphatic carbocycles. The number of carbonyl (C=O) groups is 2. The second-order valence-corrected chi connectivity index (χ2v) is 10.3. The molecule has 0 aliphatic heterocycles. The van der Waals surface area contributed by atoms with Crippen molar-refractivity contribution in [2.45, 2.75) is 51.7 Å². The van der Waals surface area contributed by atoms with E-state index in [0.717, 1.165) is 22.0 Å². The Hall–Kier alpha value is -2.34. The van der Waals surface area contributed by atoms with Crippen molar-refractivity contribution in [3.63, 3.8) is 0 Å². The van der Waals surface area contributed by atoms with Gasteiger partial charge in [-0.1, -0.05) is 94.6 Å². The Morgan fingerprint density at radius 3 is 2.14 bits per heavy atom. The molecule has 2 unspecified atom stereocenters. The molecule has 3 aromatic carbocycles. The molecule has 1 N–H and O–H groups in total. The van der Waals surface area contributed by atoms with Crippen molar-refractivity contribution in [2.24, 2.45) is 0 Å². The summed E-state index contributed by atoms with van der Waals surface area (Å²) >= 11 is 16.2. The first kappa shape index (κ1) is 27.3. The molecule has 0 aliphatic rings. The van der Waals surface area contributed by atoms with Crippen LogP contribution in [0.3, 0.4) is 0 Å². The third kappa shape index (κ3) is 7.83. The van der Waals surface area contributed by atoms with Gasteiger partial charge in [0.25, 0.3) is 0 Å². The zero-order valence-electron chi connectivity index (χ0n) is 19.8. The Kier molecular flexibility index (Phi) is 10.2. The molecule has 0 heterocycles. The largest absolute Gasteiger partial charge is 0.352 e. The van der Waals surface area contributed by atoms with E-state index < -0.39 is 6.04 Å². The lowest BCUT2D eigenvalue weighted by atomic mass is 10.0. The van der Waals surface area contributed by atoms with Crippen molar-refractivity contribution in [2.75, 3.05) is 0 Å². The van der Waals surface area contributed by atoms with E-state index in [-0.39, 0.29) is 30.8 Å². The minimum absolute atomic E-state index is 0.00304. The van der Waals surface area contributed by atoms with Gasteiger partial charge in [-0.3, -0.25) is 9.59 Å². The standard InChI is InChI=1S/C28H29BrCl2N2O2/c1-3-19(2)32-28(35)26(16-20-8-5-4-6-9-20)33(18-21-12-14-22(29)15-13-21)27(34)17-23-24(30)10-7-11-25(23)31/h4-15,19,26H,3,16-18H2,1-2H3,(H,32,35). The summed E-state index contributed by atoms with van der Waals surface area (Å²) in [5.41, 5.74) is 2.45. The van der Waals surface area contributed by atoms with Crippen LogP contribution in [0.15, 0.2) is 77.3 Å². The van der Waals surface area contributed by atoms with E-state index in [2.05, 4.69) is 21.2 Å². The smallest absolute Gasteiger partial charge is 0.243 e. The molecule has 0 aromatic heterocycles. The van der Waals surface area contributed by atoms with Gasteiger partial charge in [0, 0.05) is 33.5 Å². The first-order valence-electron chi connectivity index (χ1n) is 11.6. The zero-order chi connectivity index (χ0) is 25.4. The van der Waals surface area contributed by atoms with Gasteiger partial charge in [-0.15, -0.1) is 0 Å². The lowest BCUT2D eigenvalue weighted by Gasteiger charge is -2.32. The van der Waals surface area contributed by atoms with Crippen LogP contribution in [-0.2, 0) is 29.0 Å². The van der Waals surface area contributed by atoms with Crippen LogP contribution >= 0.6 is 39.1 Å². The van der Waals surface area contributed by atoms with Crippen LogP contribution in [0, 0.1) is 0 Å². The maximum atomic E-state index is 13.8. The number of amides is 2. The fraction of sp³-hybridized carbons (Fsp3) is 0.286. The van der Waals surface area contributed by atoms with Crippen LogP contribution < -0.4 is 5.32 Å². The summed E-state index contributed by atoms with van der Waals surface area (Å²) in [5.74, 6) is -0.401. The molecule has 4 nitrogen and oxygen atoms in total. The van der Waals surface area contributed by atoms with Gasteiger partial charge in [0.05, 0.1) is 6.42 Å². The fourth-order valence-corrected chi connectivity index (χ4v) is 4.53. The molecule has 0 bridgehead atoms. The molecule has 0 saturated carbocycles. The molecule has 3 aromatic rings. The van der Waals surface area contributed by atoms with Gasteiger partial charge in [0.2, 0.25) is 11.8 Å². The van der Waals surface area contributed by atoms with E-state index in [1.807, 2.05) is 68.4 Å². The van der Waals surface area contributed by atoms with Crippen LogP contribution in [0.25, 0.3) is 0 Å². The topological polar surface area (TPSA) is 49.4 Å². The van der Waals surface area contributed by atoms with Crippen molar-refractivity contribution in [1.82, 2.24) is 10.2 Å². The minimum Gasteiger partial charge on any atom is -0.352 e. The summed E-state index contributed by atoms with van der Waals surface area (Å²) in [4.78, 5) is 29.0. The second-order valence-electron chi connectivity index (χ2n) is 8.55. The molecule has 0 saturated heterocycles. The molecule has 2 amide bonds. The number of nitrogens with zero attached hydrogens (tertiary/aromatic N) is 1. The Balaban J connectivity index is 2.00. The van der Waals surface area contributed by atoms with Crippen LogP contribution in [0.5, 0.6) is 0 Å². The highest BCUT2D eigenvalue weighted by Gasteiger charge is 2.31. The Morgan fingerprint density at radius 1 is 0.914 bits per heavy atom. The Bertz CT molecular complexity index is 1120. The van der Waals surface area contributed by atoms with Crippen molar-refractivity contribution >= 4 is 50.9 Å². The van der Waals surface area contributed by atoms with Gasteiger partial charge >= 0.3 is 0 Å². The third-order valence-electron chi connectivity index (χ3n) is 5.93. The summed E-state index contributed by atoms with van der Waals surface area (Å²) < 4.78 is 0.942. The van der Waals surface area contributed by atoms with E-state index in [0.29, 0.717) is 22.0 Å². The third-order valence-corrected chi connectivity index (χ3v) is 7.16. The van der Waals surface area contributed by atoms with E-state index in [1.54, 1.807) is 23.1 Å². The quantitative estimate of drug-likeness (QED) is 0.287. The Morgan fingerprint density at radius 2 is 1.54 bits per heavy atom. The van der Waals surface area contributed by atoms with E-state index >= 15 is 0 Å². The van der Waals surface area contributed by atoms with Crippen LogP contribution in [0.1, 0.15) is 37.0 Å². The van der Waals surface area contributed by atoms with Crippen molar-refractivity contribution in [3.8, 4) is 0 Å². The van der Waals surface area contributed by atoms with Gasteiger partial charge in [-0.05, 0) is 54.3 Å². The molecule has 7 heteroatoms. The van der Waals surface area contributed by atoms with Crippen LogP contribution in [0.4, 0.5) is 0 Å². The van der Waals surface area contributed by atoms with E-state index in [1.165, 1.54) is 0 Å². The highest BCUT2D eigenvalue weighted by atomic mass is 79.9. The fourth-order valence-electron chi connectivity index (χ4n) is 3.74. The highest BCUT2D eigenvalue weighted by Crippen LogP contribution is 2.26. The molecular formula is C28H29BrCl2N2O2. The Labute approximate surface area is 225 Å². The molecule has 184 valence electrons. The lowest BCUT2D eigenvalue weighted by Crippen LogP contribution is -2.52. The molecular weight excluding hydrogens is 547 g/mol. The monoisotopic (exact) mass is 574 g/mol. The predicted octanol–water partition coefficient (Wildman–Crippen LogP) is 6.85. The van der Waals surface area contributed by atoms with Crippen LogP contribution in [0.2, 0.25) is 10.0 Å². The SMILES string of the molecule is CCC(C)NC(=O)C(Cc1ccccc1)N(Cc1ccc(Br)cc1)C(=O)Cc1c(Cl)cccc1Cl. The maximum Gasteiger partial charge on any atom is 0.243 e. The summed E-state index contributed by atoms with van der Waals surface area (Å²) in [5, 5.41) is 3.93. The first-order chi connectivity index (χ1) is 16.8. The molecule has 0 fully saturated rings. The van der Waals surface area contributed by atoms with Crippen molar-refractivity contribution in [3.05, 3.63) is 104 Å². The summed E-state index contributed by atoms with van der Waals surface area (Å²) in [6.45, 7) is 4.25. The van der Waals surface area contributed by atoms with Crippen LogP contribution in [-0.4, -0.2) is 28.8 Å². The number of halogens is 3.